The largest absolute Gasteiger partial charge is 0.417 e. The summed E-state index contributed by atoms with van der Waals surface area (Å²) >= 11 is 0. The standard InChI is InChI=1S/C27H28F5N3O2S/c1-26(2,3)15-35-14-20(24(25(28)29)34-38(36,37)18-7-5-8-18)19-11-10-16(12-22(19)35)23-17(13-33)6-4-9-21(23)27(30,31)32/h4,6,9-12,14,18,24-25,34H,5,7-8,15H2,1-3H3. The van der Waals surface area contributed by atoms with Crippen LogP contribution in [0.2, 0.25) is 0 Å². The van der Waals surface area contributed by atoms with Crippen LogP contribution in [0.4, 0.5) is 22.0 Å². The maximum Gasteiger partial charge on any atom is 0.417 e. The quantitative estimate of drug-likeness (QED) is 0.320. The molecule has 0 amide bonds. The van der Waals surface area contributed by atoms with Gasteiger partial charge in [0.25, 0.3) is 6.43 Å². The van der Waals surface area contributed by atoms with Crippen molar-refractivity contribution in [3.63, 3.8) is 0 Å². The molecule has 0 spiro atoms. The second-order valence-corrected chi connectivity index (χ2v) is 12.9. The van der Waals surface area contributed by atoms with Gasteiger partial charge in [-0.2, -0.15) is 18.4 Å². The molecule has 1 aromatic heterocycles. The average molecular weight is 554 g/mol. The van der Waals surface area contributed by atoms with Crippen LogP contribution in [0, 0.1) is 16.7 Å². The molecule has 1 aliphatic carbocycles. The highest BCUT2D eigenvalue weighted by Crippen LogP contribution is 2.41. The van der Waals surface area contributed by atoms with Crippen molar-refractivity contribution in [3.8, 4) is 17.2 Å². The minimum atomic E-state index is -4.73. The van der Waals surface area contributed by atoms with E-state index in [9.17, 15) is 35.6 Å². The van der Waals surface area contributed by atoms with Gasteiger partial charge in [-0.3, -0.25) is 0 Å². The van der Waals surface area contributed by atoms with Crippen molar-refractivity contribution >= 4 is 20.9 Å². The van der Waals surface area contributed by atoms with Gasteiger partial charge in [0.05, 0.1) is 22.4 Å². The maximum absolute atomic E-state index is 14.3. The van der Waals surface area contributed by atoms with E-state index in [0.29, 0.717) is 36.7 Å². The Kier molecular flexibility index (Phi) is 7.36. The molecule has 4 rings (SSSR count). The van der Waals surface area contributed by atoms with E-state index in [2.05, 4.69) is 4.72 Å². The van der Waals surface area contributed by atoms with E-state index in [1.165, 1.54) is 30.5 Å². The van der Waals surface area contributed by atoms with Crippen molar-refractivity contribution in [2.75, 3.05) is 0 Å². The van der Waals surface area contributed by atoms with Gasteiger partial charge >= 0.3 is 6.18 Å². The molecular weight excluding hydrogens is 525 g/mol. The van der Waals surface area contributed by atoms with Gasteiger partial charge < -0.3 is 4.57 Å². The molecule has 204 valence electrons. The number of nitrogens with zero attached hydrogens (tertiary/aromatic N) is 2. The van der Waals surface area contributed by atoms with Gasteiger partial charge in [-0.1, -0.05) is 45.4 Å². The lowest BCUT2D eigenvalue weighted by Crippen LogP contribution is -2.42. The molecule has 2 aromatic carbocycles. The van der Waals surface area contributed by atoms with E-state index in [1.807, 2.05) is 26.8 Å². The van der Waals surface area contributed by atoms with Gasteiger partial charge in [0.1, 0.15) is 6.04 Å². The fourth-order valence-electron chi connectivity index (χ4n) is 4.76. The van der Waals surface area contributed by atoms with E-state index >= 15 is 0 Å². The van der Waals surface area contributed by atoms with E-state index in [0.717, 1.165) is 12.1 Å². The van der Waals surface area contributed by atoms with Crippen LogP contribution in [0.5, 0.6) is 0 Å². The number of nitrogens with one attached hydrogen (secondary N) is 1. The summed E-state index contributed by atoms with van der Waals surface area (Å²) < 4.78 is 99.5. The SMILES string of the molecule is CC(C)(C)Cn1cc(C(NS(=O)(=O)C2CCC2)C(F)F)c2ccc(-c3c(C#N)cccc3C(F)(F)F)cc21. The molecule has 1 unspecified atom stereocenters. The van der Waals surface area contributed by atoms with E-state index in [1.54, 1.807) is 4.57 Å². The third-order valence-electron chi connectivity index (χ3n) is 6.71. The summed E-state index contributed by atoms with van der Waals surface area (Å²) in [5.74, 6) is 0. The Morgan fingerprint density at radius 3 is 2.34 bits per heavy atom. The van der Waals surface area contributed by atoms with Crippen LogP contribution in [-0.2, 0) is 22.7 Å². The third-order valence-corrected chi connectivity index (χ3v) is 8.64. The normalized spacial score (nSPS) is 16.0. The summed E-state index contributed by atoms with van der Waals surface area (Å²) in [6.45, 7) is 6.07. The molecule has 11 heteroatoms. The fourth-order valence-corrected chi connectivity index (χ4v) is 6.49. The van der Waals surface area contributed by atoms with Crippen LogP contribution in [-0.4, -0.2) is 24.7 Å². The van der Waals surface area contributed by atoms with Crippen molar-refractivity contribution in [2.24, 2.45) is 5.41 Å². The fraction of sp³-hybridized carbons (Fsp3) is 0.444. The van der Waals surface area contributed by atoms with E-state index in [-0.39, 0.29) is 27.7 Å². The first-order valence-corrected chi connectivity index (χ1v) is 13.7. The summed E-state index contributed by atoms with van der Waals surface area (Å²) in [6, 6.07) is 7.53. The Labute approximate surface area is 218 Å². The summed E-state index contributed by atoms with van der Waals surface area (Å²) in [4.78, 5) is 0. The average Bonchev–Trinajstić information content (AvgIpc) is 3.10. The van der Waals surface area contributed by atoms with Crippen LogP contribution >= 0.6 is 0 Å². The molecular formula is C27H28F5N3O2S. The summed E-state index contributed by atoms with van der Waals surface area (Å²) in [5.41, 5.74) is -1.29. The zero-order valence-corrected chi connectivity index (χ0v) is 21.9. The van der Waals surface area contributed by atoms with Crippen LogP contribution < -0.4 is 4.72 Å². The Hall–Kier alpha value is -2.97. The number of aromatic nitrogens is 1. The summed E-state index contributed by atoms with van der Waals surface area (Å²) in [5, 5.41) is 9.11. The highest BCUT2D eigenvalue weighted by Gasteiger charge is 2.38. The number of hydrogen-bond acceptors (Lipinski definition) is 3. The molecule has 3 aromatic rings. The van der Waals surface area contributed by atoms with E-state index < -0.39 is 39.5 Å². The smallest absolute Gasteiger partial charge is 0.347 e. The van der Waals surface area contributed by atoms with Crippen molar-refractivity contribution in [1.29, 1.82) is 5.26 Å². The molecule has 1 aliphatic rings. The Morgan fingerprint density at radius 1 is 1.13 bits per heavy atom. The van der Waals surface area contributed by atoms with Crippen LogP contribution in [0.25, 0.3) is 22.0 Å². The Balaban J connectivity index is 1.92. The molecule has 0 radical (unpaired) electrons. The molecule has 38 heavy (non-hydrogen) atoms. The molecule has 1 heterocycles. The molecule has 0 aliphatic heterocycles. The highest BCUT2D eigenvalue weighted by atomic mass is 32.2. The van der Waals surface area contributed by atoms with Crippen molar-refractivity contribution in [2.45, 2.75) is 70.5 Å². The lowest BCUT2D eigenvalue weighted by molar-refractivity contribution is -0.137. The molecule has 0 saturated heterocycles. The minimum Gasteiger partial charge on any atom is -0.347 e. The van der Waals surface area contributed by atoms with Gasteiger partial charge in [-0.25, -0.2) is 21.9 Å². The van der Waals surface area contributed by atoms with Crippen LogP contribution in [0.3, 0.4) is 0 Å². The van der Waals surface area contributed by atoms with Crippen molar-refractivity contribution in [3.05, 3.63) is 59.3 Å². The second-order valence-electron chi connectivity index (χ2n) is 10.9. The first-order chi connectivity index (χ1) is 17.6. The zero-order valence-electron chi connectivity index (χ0n) is 21.1. The van der Waals surface area contributed by atoms with Crippen molar-refractivity contribution in [1.82, 2.24) is 9.29 Å². The number of rotatable bonds is 7. The number of alkyl halides is 5. The summed E-state index contributed by atoms with van der Waals surface area (Å²) in [6.07, 6.45) is -4.82. The zero-order chi connectivity index (χ0) is 28.0. The third kappa shape index (κ3) is 5.57. The molecule has 1 fully saturated rings. The van der Waals surface area contributed by atoms with E-state index in [4.69, 9.17) is 0 Å². The lowest BCUT2D eigenvalue weighted by atomic mass is 9.93. The predicted octanol–water partition coefficient (Wildman–Crippen LogP) is 7.02. The number of sulfonamides is 1. The molecule has 1 saturated carbocycles. The number of fused-ring (bicyclic) bond motifs is 1. The number of benzene rings is 2. The van der Waals surface area contributed by atoms with Gasteiger partial charge in [0, 0.05) is 34.8 Å². The molecule has 1 N–H and O–H groups in total. The maximum atomic E-state index is 14.3. The number of nitriles is 1. The molecule has 5 nitrogen and oxygen atoms in total. The Morgan fingerprint density at radius 2 is 1.82 bits per heavy atom. The number of hydrogen-bond donors (Lipinski definition) is 1. The highest BCUT2D eigenvalue weighted by molar-refractivity contribution is 7.90. The van der Waals surface area contributed by atoms with Gasteiger partial charge in [0.15, 0.2) is 0 Å². The monoisotopic (exact) mass is 553 g/mol. The topological polar surface area (TPSA) is 74.9 Å². The van der Waals surface area contributed by atoms with Crippen LogP contribution in [0.1, 0.15) is 62.8 Å². The first-order valence-electron chi connectivity index (χ1n) is 12.1. The van der Waals surface area contributed by atoms with Gasteiger partial charge in [-0.05, 0) is 42.0 Å². The van der Waals surface area contributed by atoms with Crippen LogP contribution in [0.15, 0.2) is 42.6 Å². The van der Waals surface area contributed by atoms with Crippen molar-refractivity contribution < 1.29 is 30.4 Å². The Bertz CT molecular complexity index is 1490. The molecule has 0 bridgehead atoms. The second kappa shape index (κ2) is 9.97. The minimum absolute atomic E-state index is 0.0401. The van der Waals surface area contributed by atoms with Gasteiger partial charge in [0.2, 0.25) is 10.0 Å². The van der Waals surface area contributed by atoms with Gasteiger partial charge in [-0.15, -0.1) is 0 Å². The number of halogens is 5. The molecule has 1 atom stereocenters. The summed E-state index contributed by atoms with van der Waals surface area (Å²) in [7, 11) is -3.99. The predicted molar refractivity (Wildman–Crippen MR) is 135 cm³/mol. The lowest BCUT2D eigenvalue weighted by Gasteiger charge is -2.28. The first kappa shape index (κ1) is 28.0.